The minimum atomic E-state index is -4.41. The SMILES string of the molecule is C=Cc1ccc(-c2ccc(C=Nc3ccc(N=C)c(S(=O)(=O)O)c3)cc2)cc1. The van der Waals surface area contributed by atoms with Crippen LogP contribution < -0.4 is 0 Å². The number of nitrogens with zero attached hydrogens (tertiary/aromatic N) is 2. The largest absolute Gasteiger partial charge is 0.296 e. The molecule has 0 radical (unpaired) electrons. The van der Waals surface area contributed by atoms with Crippen molar-refractivity contribution in [2.45, 2.75) is 4.90 Å². The van der Waals surface area contributed by atoms with E-state index in [1.807, 2.05) is 48.5 Å². The van der Waals surface area contributed by atoms with E-state index in [0.717, 1.165) is 22.3 Å². The zero-order chi connectivity index (χ0) is 20.1. The third-order valence-electron chi connectivity index (χ3n) is 4.14. The Morgan fingerprint density at radius 3 is 1.93 bits per heavy atom. The summed E-state index contributed by atoms with van der Waals surface area (Å²) in [4.78, 5) is 7.55. The van der Waals surface area contributed by atoms with Gasteiger partial charge in [-0.1, -0.05) is 61.2 Å². The Morgan fingerprint density at radius 2 is 1.43 bits per heavy atom. The molecule has 0 unspecified atom stereocenters. The Hall–Kier alpha value is -3.35. The molecule has 6 heteroatoms. The molecule has 0 aliphatic carbocycles. The van der Waals surface area contributed by atoms with Gasteiger partial charge in [0.2, 0.25) is 0 Å². The highest BCUT2D eigenvalue weighted by molar-refractivity contribution is 7.86. The van der Waals surface area contributed by atoms with Crippen LogP contribution >= 0.6 is 0 Å². The van der Waals surface area contributed by atoms with Crippen LogP contribution in [0.1, 0.15) is 11.1 Å². The molecule has 0 atom stereocenters. The maximum absolute atomic E-state index is 11.5. The first kappa shape index (κ1) is 19.4. The van der Waals surface area contributed by atoms with Crippen molar-refractivity contribution in [1.82, 2.24) is 0 Å². The van der Waals surface area contributed by atoms with Crippen molar-refractivity contribution in [3.8, 4) is 11.1 Å². The lowest BCUT2D eigenvalue weighted by molar-refractivity contribution is 0.483. The van der Waals surface area contributed by atoms with Crippen molar-refractivity contribution in [2.75, 3.05) is 0 Å². The van der Waals surface area contributed by atoms with Crippen molar-refractivity contribution in [3.63, 3.8) is 0 Å². The summed E-state index contributed by atoms with van der Waals surface area (Å²) in [6, 6.07) is 20.2. The van der Waals surface area contributed by atoms with Gasteiger partial charge in [-0.25, -0.2) is 0 Å². The molecule has 0 saturated carbocycles. The molecule has 0 spiro atoms. The van der Waals surface area contributed by atoms with Crippen molar-refractivity contribution >= 4 is 40.5 Å². The van der Waals surface area contributed by atoms with E-state index in [0.29, 0.717) is 5.69 Å². The first-order valence-corrected chi connectivity index (χ1v) is 9.80. The van der Waals surface area contributed by atoms with Crippen molar-refractivity contribution in [3.05, 3.63) is 84.4 Å². The summed E-state index contributed by atoms with van der Waals surface area (Å²) in [5.74, 6) is 0. The fraction of sp³-hybridized carbons (Fsp3) is 0. The summed E-state index contributed by atoms with van der Waals surface area (Å²) < 4.78 is 32.2. The van der Waals surface area contributed by atoms with Crippen LogP contribution in [0.5, 0.6) is 0 Å². The number of benzene rings is 3. The van der Waals surface area contributed by atoms with Gasteiger partial charge in [0.05, 0.1) is 11.4 Å². The van der Waals surface area contributed by atoms with Crippen LogP contribution in [0.15, 0.2) is 88.2 Å². The van der Waals surface area contributed by atoms with Crippen molar-refractivity contribution in [1.29, 1.82) is 0 Å². The molecule has 0 aromatic heterocycles. The Morgan fingerprint density at radius 1 is 0.857 bits per heavy atom. The molecule has 28 heavy (non-hydrogen) atoms. The van der Waals surface area contributed by atoms with E-state index in [-0.39, 0.29) is 10.6 Å². The minimum Gasteiger partial charge on any atom is -0.282 e. The van der Waals surface area contributed by atoms with Crippen LogP contribution in [0.3, 0.4) is 0 Å². The molecule has 1 N–H and O–H groups in total. The molecule has 3 rings (SSSR count). The van der Waals surface area contributed by atoms with Gasteiger partial charge in [0.1, 0.15) is 4.90 Å². The average molecular weight is 390 g/mol. The Labute approximate surface area is 164 Å². The Balaban J connectivity index is 1.83. The molecule has 0 amide bonds. The van der Waals surface area contributed by atoms with Crippen LogP contribution in [0.2, 0.25) is 0 Å². The summed E-state index contributed by atoms with van der Waals surface area (Å²) in [6.45, 7) is 7.05. The molecule has 3 aromatic carbocycles. The van der Waals surface area contributed by atoms with Gasteiger partial charge in [0, 0.05) is 6.21 Å². The highest BCUT2D eigenvalue weighted by Gasteiger charge is 2.15. The molecule has 0 heterocycles. The maximum atomic E-state index is 11.5. The quantitative estimate of drug-likeness (QED) is 0.456. The predicted octanol–water partition coefficient (Wildman–Crippen LogP) is 5.33. The molecule has 0 saturated heterocycles. The molecule has 5 nitrogen and oxygen atoms in total. The summed E-state index contributed by atoms with van der Waals surface area (Å²) in [5, 5.41) is 0. The molecule has 140 valence electrons. The third-order valence-corrected chi connectivity index (χ3v) is 5.03. The van der Waals surface area contributed by atoms with E-state index in [2.05, 4.69) is 23.3 Å². The van der Waals surface area contributed by atoms with E-state index >= 15 is 0 Å². The number of rotatable bonds is 6. The van der Waals surface area contributed by atoms with Gasteiger partial charge in [0.15, 0.2) is 0 Å². The van der Waals surface area contributed by atoms with E-state index < -0.39 is 10.1 Å². The minimum absolute atomic E-state index is 0.0771. The van der Waals surface area contributed by atoms with Crippen molar-refractivity contribution in [2.24, 2.45) is 9.98 Å². The van der Waals surface area contributed by atoms with E-state index in [1.54, 1.807) is 18.4 Å². The first-order chi connectivity index (χ1) is 13.4. The third kappa shape index (κ3) is 4.49. The molecule has 0 aliphatic rings. The zero-order valence-corrected chi connectivity index (χ0v) is 15.8. The van der Waals surface area contributed by atoms with Crippen LogP contribution in [-0.2, 0) is 10.1 Å². The van der Waals surface area contributed by atoms with Crippen LogP contribution in [0.4, 0.5) is 11.4 Å². The van der Waals surface area contributed by atoms with Gasteiger partial charge in [-0.05, 0) is 47.2 Å². The summed E-state index contributed by atoms with van der Waals surface area (Å²) in [6.07, 6.45) is 3.42. The van der Waals surface area contributed by atoms with Crippen LogP contribution in [-0.4, -0.2) is 25.9 Å². The summed E-state index contributed by atoms with van der Waals surface area (Å²) >= 11 is 0. The Bertz CT molecular complexity index is 1150. The standard InChI is InChI=1S/C22H18N2O3S/c1-3-16-4-8-18(9-5-16)19-10-6-17(7-11-19)15-24-20-12-13-21(23-2)22(14-20)28(25,26)27/h3-15H,1-2H2,(H,25,26,27). The second kappa shape index (κ2) is 8.12. The van der Waals surface area contributed by atoms with Gasteiger partial charge >= 0.3 is 0 Å². The van der Waals surface area contributed by atoms with Gasteiger partial charge in [-0.3, -0.25) is 14.5 Å². The monoisotopic (exact) mass is 390 g/mol. The lowest BCUT2D eigenvalue weighted by atomic mass is 10.0. The maximum Gasteiger partial charge on any atom is 0.296 e. The second-order valence-corrected chi connectivity index (χ2v) is 7.38. The average Bonchev–Trinajstić information content (AvgIpc) is 2.72. The fourth-order valence-corrected chi connectivity index (χ4v) is 3.31. The highest BCUT2D eigenvalue weighted by Crippen LogP contribution is 2.28. The molecule has 3 aromatic rings. The van der Waals surface area contributed by atoms with Gasteiger partial charge in [-0.2, -0.15) is 8.42 Å². The lowest BCUT2D eigenvalue weighted by Crippen LogP contribution is -1.98. The lowest BCUT2D eigenvalue weighted by Gasteiger charge is -2.04. The van der Waals surface area contributed by atoms with E-state index in [9.17, 15) is 13.0 Å². The Kier molecular flexibility index (Phi) is 5.63. The molecule has 0 bridgehead atoms. The first-order valence-electron chi connectivity index (χ1n) is 8.36. The van der Waals surface area contributed by atoms with Crippen molar-refractivity contribution < 1.29 is 13.0 Å². The normalized spacial score (nSPS) is 11.5. The molecular weight excluding hydrogens is 372 g/mol. The van der Waals surface area contributed by atoms with Gasteiger partial charge in [-0.15, -0.1) is 0 Å². The van der Waals surface area contributed by atoms with E-state index in [1.165, 1.54) is 12.1 Å². The highest BCUT2D eigenvalue weighted by atomic mass is 32.2. The second-order valence-electron chi connectivity index (χ2n) is 5.99. The number of aliphatic imine (C=N–C) groups is 2. The fourth-order valence-electron chi connectivity index (χ4n) is 2.64. The van der Waals surface area contributed by atoms with Gasteiger partial charge in [0.25, 0.3) is 10.1 Å². The number of hydrogen-bond acceptors (Lipinski definition) is 4. The van der Waals surface area contributed by atoms with Crippen LogP contribution in [0, 0.1) is 0 Å². The van der Waals surface area contributed by atoms with Crippen LogP contribution in [0.25, 0.3) is 17.2 Å². The smallest absolute Gasteiger partial charge is 0.282 e. The van der Waals surface area contributed by atoms with Gasteiger partial charge < -0.3 is 0 Å². The molecular formula is C22H18N2O3S. The summed E-state index contributed by atoms with van der Waals surface area (Å²) in [5.41, 5.74) is 4.54. The topological polar surface area (TPSA) is 79.1 Å². The predicted molar refractivity (Wildman–Crippen MR) is 115 cm³/mol. The van der Waals surface area contributed by atoms with E-state index in [4.69, 9.17) is 0 Å². The molecule has 0 fully saturated rings. The summed E-state index contributed by atoms with van der Waals surface area (Å²) in [7, 11) is -4.41. The molecule has 0 aliphatic heterocycles. The number of hydrogen-bond donors (Lipinski definition) is 1. The zero-order valence-electron chi connectivity index (χ0n) is 15.0.